The van der Waals surface area contributed by atoms with Crippen LogP contribution in [0.1, 0.15) is 28.5 Å². The molecule has 0 aliphatic carbocycles. The standard InChI is InChI=1S/C34H34O5S/c1-24-17-19-28(20-18-24)40-34-32(36-22-26-13-7-3-8-14-26)31(35-21-25-11-5-2-6-12-25)30-29(38-34)23-37-33(39-30)27-15-9-4-10-16-27/h2-20,29-34H,21-23H2,1H3/t29-,30-,31+,32+,33?,34-/m1/s1. The van der Waals surface area contributed by atoms with Gasteiger partial charge in [0.1, 0.15) is 29.9 Å². The molecule has 6 heteroatoms. The van der Waals surface area contributed by atoms with Crippen molar-refractivity contribution in [3.05, 3.63) is 138 Å². The van der Waals surface area contributed by atoms with Crippen molar-refractivity contribution in [3.63, 3.8) is 0 Å². The molecule has 6 rings (SSSR count). The van der Waals surface area contributed by atoms with E-state index in [1.165, 1.54) is 5.56 Å². The molecule has 6 atom stereocenters. The molecule has 0 saturated carbocycles. The topological polar surface area (TPSA) is 46.2 Å². The van der Waals surface area contributed by atoms with E-state index < -0.39 is 6.29 Å². The fourth-order valence-electron chi connectivity index (χ4n) is 5.07. The minimum absolute atomic E-state index is 0.291. The van der Waals surface area contributed by atoms with Gasteiger partial charge < -0.3 is 23.7 Å². The maximum atomic E-state index is 6.71. The molecule has 2 aliphatic rings. The Bertz CT molecular complexity index is 1320. The van der Waals surface area contributed by atoms with E-state index in [4.69, 9.17) is 23.7 Å². The molecule has 2 aliphatic heterocycles. The average Bonchev–Trinajstić information content (AvgIpc) is 3.01. The zero-order chi connectivity index (χ0) is 27.1. The van der Waals surface area contributed by atoms with Crippen LogP contribution < -0.4 is 0 Å². The summed E-state index contributed by atoms with van der Waals surface area (Å²) in [5.74, 6) is 0. The maximum Gasteiger partial charge on any atom is 0.184 e. The summed E-state index contributed by atoms with van der Waals surface area (Å²) in [6.45, 7) is 3.39. The molecule has 0 spiro atoms. The van der Waals surface area contributed by atoms with Gasteiger partial charge in [0.15, 0.2) is 6.29 Å². The maximum absolute atomic E-state index is 6.71. The number of rotatable bonds is 9. The highest BCUT2D eigenvalue weighted by atomic mass is 32.2. The molecule has 0 radical (unpaired) electrons. The van der Waals surface area contributed by atoms with Crippen molar-refractivity contribution in [1.82, 2.24) is 0 Å². The Morgan fingerprint density at radius 1 is 0.675 bits per heavy atom. The lowest BCUT2D eigenvalue weighted by Gasteiger charge is -2.49. The summed E-state index contributed by atoms with van der Waals surface area (Å²) in [6, 6.07) is 39.0. The van der Waals surface area contributed by atoms with Gasteiger partial charge in [-0.25, -0.2) is 0 Å². The van der Waals surface area contributed by atoms with E-state index in [-0.39, 0.29) is 29.9 Å². The lowest BCUT2D eigenvalue weighted by atomic mass is 9.98. The number of aryl methyl sites for hydroxylation is 1. The van der Waals surface area contributed by atoms with Gasteiger partial charge in [-0.1, -0.05) is 120 Å². The minimum atomic E-state index is -0.495. The number of hydrogen-bond acceptors (Lipinski definition) is 6. The summed E-state index contributed by atoms with van der Waals surface area (Å²) in [7, 11) is 0. The Morgan fingerprint density at radius 2 is 1.25 bits per heavy atom. The predicted molar refractivity (Wildman–Crippen MR) is 156 cm³/mol. The molecule has 40 heavy (non-hydrogen) atoms. The fourth-order valence-corrected chi connectivity index (χ4v) is 6.20. The molecule has 4 aromatic carbocycles. The Morgan fingerprint density at radius 3 is 1.88 bits per heavy atom. The van der Waals surface area contributed by atoms with Gasteiger partial charge in [0.25, 0.3) is 0 Å². The van der Waals surface area contributed by atoms with E-state index in [9.17, 15) is 0 Å². The first-order valence-corrected chi connectivity index (χ1v) is 14.6. The SMILES string of the molecule is Cc1ccc(S[C@H]2O[C@@H]3COC(c4ccccc4)O[C@H]3[C@H](OCc3ccccc3)[C@@H]2OCc2ccccc2)cc1. The summed E-state index contributed by atoms with van der Waals surface area (Å²) in [4.78, 5) is 1.11. The Labute approximate surface area is 240 Å². The van der Waals surface area contributed by atoms with Gasteiger partial charge >= 0.3 is 0 Å². The van der Waals surface area contributed by atoms with E-state index >= 15 is 0 Å². The van der Waals surface area contributed by atoms with Crippen LogP contribution >= 0.6 is 11.8 Å². The van der Waals surface area contributed by atoms with Crippen LogP contribution in [-0.2, 0) is 36.9 Å². The van der Waals surface area contributed by atoms with Crippen LogP contribution in [0.4, 0.5) is 0 Å². The molecule has 2 saturated heterocycles. The highest BCUT2D eigenvalue weighted by Crippen LogP contribution is 2.41. The quantitative estimate of drug-likeness (QED) is 0.220. The van der Waals surface area contributed by atoms with Crippen molar-refractivity contribution in [1.29, 1.82) is 0 Å². The molecular weight excluding hydrogens is 520 g/mol. The van der Waals surface area contributed by atoms with Crippen LogP contribution in [0.15, 0.2) is 120 Å². The first-order chi connectivity index (χ1) is 19.7. The zero-order valence-corrected chi connectivity index (χ0v) is 23.3. The smallest absolute Gasteiger partial charge is 0.184 e. The summed E-state index contributed by atoms with van der Waals surface area (Å²) in [6.07, 6.45) is -1.91. The van der Waals surface area contributed by atoms with Crippen LogP contribution in [0.25, 0.3) is 0 Å². The van der Waals surface area contributed by atoms with Crippen LogP contribution in [0.2, 0.25) is 0 Å². The van der Waals surface area contributed by atoms with E-state index in [0.29, 0.717) is 19.8 Å². The molecule has 2 fully saturated rings. The van der Waals surface area contributed by atoms with Gasteiger partial charge in [0.05, 0.1) is 19.8 Å². The normalized spacial score (nSPS) is 26.2. The number of benzene rings is 4. The number of hydrogen-bond donors (Lipinski definition) is 0. The number of fused-ring (bicyclic) bond motifs is 1. The number of thioether (sulfide) groups is 1. The Kier molecular flexibility index (Phi) is 8.93. The third kappa shape index (κ3) is 6.66. The molecule has 4 aromatic rings. The number of ether oxygens (including phenoxy) is 5. The average molecular weight is 555 g/mol. The first kappa shape index (κ1) is 27.2. The highest BCUT2D eigenvalue weighted by molar-refractivity contribution is 7.99. The molecule has 0 aromatic heterocycles. The second kappa shape index (κ2) is 13.1. The third-order valence-electron chi connectivity index (χ3n) is 7.20. The molecule has 0 bridgehead atoms. The van der Waals surface area contributed by atoms with Crippen molar-refractivity contribution >= 4 is 11.8 Å². The van der Waals surface area contributed by atoms with Gasteiger partial charge in [-0.15, -0.1) is 0 Å². The zero-order valence-electron chi connectivity index (χ0n) is 22.5. The molecule has 5 nitrogen and oxygen atoms in total. The van der Waals surface area contributed by atoms with Gasteiger partial charge in [-0.05, 0) is 30.2 Å². The van der Waals surface area contributed by atoms with E-state index in [1.807, 2.05) is 66.7 Å². The minimum Gasteiger partial charge on any atom is -0.368 e. The lowest BCUT2D eigenvalue weighted by Crippen LogP contribution is -2.62. The summed E-state index contributed by atoms with van der Waals surface area (Å²) >= 11 is 1.66. The van der Waals surface area contributed by atoms with E-state index in [2.05, 4.69) is 55.5 Å². The van der Waals surface area contributed by atoms with Crippen LogP contribution in [0.5, 0.6) is 0 Å². The molecule has 1 unspecified atom stereocenters. The summed E-state index contributed by atoms with van der Waals surface area (Å²) < 4.78 is 32.9. The van der Waals surface area contributed by atoms with Crippen LogP contribution in [-0.4, -0.2) is 36.5 Å². The summed E-state index contributed by atoms with van der Waals surface area (Å²) in [5, 5.41) is 0. The second-order valence-corrected chi connectivity index (χ2v) is 11.3. The van der Waals surface area contributed by atoms with E-state index in [0.717, 1.165) is 21.6 Å². The van der Waals surface area contributed by atoms with Gasteiger partial charge in [0, 0.05) is 10.5 Å². The van der Waals surface area contributed by atoms with Gasteiger partial charge in [-0.3, -0.25) is 0 Å². The molecule has 0 N–H and O–H groups in total. The first-order valence-electron chi connectivity index (χ1n) is 13.7. The molecular formula is C34H34O5S. The third-order valence-corrected chi connectivity index (χ3v) is 8.36. The Balaban J connectivity index is 1.30. The lowest BCUT2D eigenvalue weighted by molar-refractivity contribution is -0.329. The predicted octanol–water partition coefficient (Wildman–Crippen LogP) is 7.10. The molecule has 0 amide bonds. The van der Waals surface area contributed by atoms with Crippen molar-refractivity contribution in [2.45, 2.75) is 61.2 Å². The second-order valence-electron chi connectivity index (χ2n) is 10.2. The van der Waals surface area contributed by atoms with Crippen LogP contribution in [0.3, 0.4) is 0 Å². The summed E-state index contributed by atoms with van der Waals surface area (Å²) in [5.41, 5.74) is 4.08. The van der Waals surface area contributed by atoms with Crippen molar-refractivity contribution in [2.24, 2.45) is 0 Å². The fraction of sp³-hybridized carbons (Fsp3) is 0.294. The van der Waals surface area contributed by atoms with Gasteiger partial charge in [-0.2, -0.15) is 0 Å². The van der Waals surface area contributed by atoms with Crippen molar-refractivity contribution in [3.8, 4) is 0 Å². The van der Waals surface area contributed by atoms with Crippen molar-refractivity contribution < 1.29 is 23.7 Å². The van der Waals surface area contributed by atoms with Crippen LogP contribution in [0, 0.1) is 6.92 Å². The Hall–Kier alpha value is -2.97. The van der Waals surface area contributed by atoms with E-state index in [1.54, 1.807) is 11.8 Å². The highest BCUT2D eigenvalue weighted by Gasteiger charge is 2.51. The molecule has 206 valence electrons. The monoisotopic (exact) mass is 554 g/mol. The van der Waals surface area contributed by atoms with Crippen molar-refractivity contribution in [2.75, 3.05) is 6.61 Å². The largest absolute Gasteiger partial charge is 0.368 e. The van der Waals surface area contributed by atoms with Gasteiger partial charge in [0.2, 0.25) is 0 Å². The molecule has 2 heterocycles.